The molecule has 2 saturated heterocycles. The van der Waals surface area contributed by atoms with Crippen LogP contribution in [0.25, 0.3) is 0 Å². The second kappa shape index (κ2) is 28.4. The van der Waals surface area contributed by atoms with Crippen molar-refractivity contribution in [3.63, 3.8) is 0 Å². The third-order valence-electron chi connectivity index (χ3n) is 10.3. The third kappa shape index (κ3) is 21.1. The Morgan fingerprint density at radius 1 is 0.444 bits per heavy atom. The SMILES string of the molecule is CCCCCCCC/C=C\CCCCCCCCC1(CCCCCCCC/C=C\CCCCCCCC)O[C@H]2CN(C)C[C@H]2O1. The van der Waals surface area contributed by atoms with Crippen LogP contribution in [0.5, 0.6) is 0 Å². The quantitative estimate of drug-likeness (QED) is 0.0546. The van der Waals surface area contributed by atoms with Crippen LogP contribution in [0, 0.1) is 0 Å². The number of unbranched alkanes of at least 4 members (excludes halogenated alkanes) is 24. The predicted octanol–water partition coefficient (Wildman–Crippen LogP) is 13.3. The van der Waals surface area contributed by atoms with Crippen molar-refractivity contribution in [1.29, 1.82) is 0 Å². The van der Waals surface area contributed by atoms with Crippen LogP contribution < -0.4 is 0 Å². The zero-order valence-electron chi connectivity index (χ0n) is 30.9. The van der Waals surface area contributed by atoms with Gasteiger partial charge in [0.25, 0.3) is 0 Å². The molecule has 0 aliphatic carbocycles. The summed E-state index contributed by atoms with van der Waals surface area (Å²) in [7, 11) is 2.20. The molecule has 0 radical (unpaired) electrons. The van der Waals surface area contributed by atoms with Crippen molar-refractivity contribution in [2.24, 2.45) is 0 Å². The molecule has 0 spiro atoms. The van der Waals surface area contributed by atoms with Gasteiger partial charge in [-0.25, -0.2) is 0 Å². The molecule has 2 heterocycles. The summed E-state index contributed by atoms with van der Waals surface area (Å²) >= 11 is 0. The number of likely N-dealkylation sites (tertiary alicyclic amines) is 1. The summed E-state index contributed by atoms with van der Waals surface area (Å²) in [6, 6.07) is 0. The van der Waals surface area contributed by atoms with E-state index in [1.807, 2.05) is 0 Å². The summed E-state index contributed by atoms with van der Waals surface area (Å²) in [6.45, 7) is 6.66. The van der Waals surface area contributed by atoms with E-state index in [0.717, 1.165) is 25.9 Å². The summed E-state index contributed by atoms with van der Waals surface area (Å²) < 4.78 is 13.4. The smallest absolute Gasteiger partial charge is 0.169 e. The van der Waals surface area contributed by atoms with Crippen molar-refractivity contribution < 1.29 is 9.47 Å². The first kappa shape index (κ1) is 40.5. The first-order valence-electron chi connectivity index (χ1n) is 20.5. The van der Waals surface area contributed by atoms with Gasteiger partial charge in [0, 0.05) is 25.9 Å². The summed E-state index contributed by atoms with van der Waals surface area (Å²) in [6.07, 6.45) is 50.6. The maximum atomic E-state index is 6.71. The second-order valence-corrected chi connectivity index (χ2v) is 14.8. The molecule has 0 bridgehead atoms. The molecule has 45 heavy (non-hydrogen) atoms. The van der Waals surface area contributed by atoms with Crippen molar-refractivity contribution in [2.45, 2.75) is 224 Å². The predicted molar refractivity (Wildman–Crippen MR) is 198 cm³/mol. The van der Waals surface area contributed by atoms with Crippen LogP contribution in [0.15, 0.2) is 24.3 Å². The number of allylic oxidation sites excluding steroid dienone is 4. The summed E-state index contributed by atoms with van der Waals surface area (Å²) in [5, 5.41) is 0. The third-order valence-corrected chi connectivity index (χ3v) is 10.3. The molecular weight excluding hydrogens is 550 g/mol. The molecular formula is C42H79NO2. The molecule has 3 nitrogen and oxygen atoms in total. The van der Waals surface area contributed by atoms with Gasteiger partial charge in [-0.3, -0.25) is 0 Å². The maximum absolute atomic E-state index is 6.71. The van der Waals surface area contributed by atoms with Crippen molar-refractivity contribution in [2.75, 3.05) is 20.1 Å². The largest absolute Gasteiger partial charge is 0.343 e. The van der Waals surface area contributed by atoms with E-state index >= 15 is 0 Å². The van der Waals surface area contributed by atoms with Crippen LogP contribution in [0.1, 0.15) is 206 Å². The van der Waals surface area contributed by atoms with Crippen LogP contribution in [0.3, 0.4) is 0 Å². The number of rotatable bonds is 32. The van der Waals surface area contributed by atoms with Gasteiger partial charge in [-0.2, -0.15) is 0 Å². The Bertz CT molecular complexity index is 645. The zero-order chi connectivity index (χ0) is 32.1. The van der Waals surface area contributed by atoms with Crippen molar-refractivity contribution in [3.8, 4) is 0 Å². The number of hydrogen-bond donors (Lipinski definition) is 0. The summed E-state index contributed by atoms with van der Waals surface area (Å²) in [5.74, 6) is -0.293. The fourth-order valence-corrected chi connectivity index (χ4v) is 7.37. The van der Waals surface area contributed by atoms with Gasteiger partial charge < -0.3 is 14.4 Å². The Morgan fingerprint density at radius 3 is 1.07 bits per heavy atom. The highest BCUT2D eigenvalue weighted by Crippen LogP contribution is 2.40. The highest BCUT2D eigenvalue weighted by atomic mass is 16.8. The van der Waals surface area contributed by atoms with Gasteiger partial charge in [-0.05, 0) is 71.3 Å². The molecule has 0 amide bonds. The summed E-state index contributed by atoms with van der Waals surface area (Å²) in [5.41, 5.74) is 0. The van der Waals surface area contributed by atoms with Gasteiger partial charge >= 0.3 is 0 Å². The lowest BCUT2D eigenvalue weighted by Crippen LogP contribution is -2.34. The van der Waals surface area contributed by atoms with Gasteiger partial charge in [-0.1, -0.05) is 154 Å². The Kier molecular flexibility index (Phi) is 25.6. The minimum absolute atomic E-state index is 0.290. The van der Waals surface area contributed by atoms with Crippen LogP contribution in [-0.4, -0.2) is 43.0 Å². The molecule has 2 rings (SSSR count). The molecule has 0 aromatic heterocycles. The van der Waals surface area contributed by atoms with Crippen molar-refractivity contribution >= 4 is 0 Å². The first-order valence-corrected chi connectivity index (χ1v) is 20.5. The summed E-state index contributed by atoms with van der Waals surface area (Å²) in [4.78, 5) is 2.37. The van der Waals surface area contributed by atoms with E-state index in [1.165, 1.54) is 180 Å². The molecule has 2 aliphatic rings. The number of fused-ring (bicyclic) bond motifs is 1. The van der Waals surface area contributed by atoms with Crippen molar-refractivity contribution in [1.82, 2.24) is 4.90 Å². The molecule has 2 atom stereocenters. The van der Waals surface area contributed by atoms with E-state index in [1.54, 1.807) is 0 Å². The molecule has 0 aromatic rings. The molecule has 264 valence electrons. The number of ether oxygens (including phenoxy) is 2. The Morgan fingerprint density at radius 2 is 0.733 bits per heavy atom. The van der Waals surface area contributed by atoms with E-state index in [9.17, 15) is 0 Å². The lowest BCUT2D eigenvalue weighted by atomic mass is 9.98. The Balaban J connectivity index is 1.47. The minimum atomic E-state index is -0.293. The second-order valence-electron chi connectivity index (χ2n) is 14.8. The molecule has 2 aliphatic heterocycles. The number of nitrogens with zero attached hydrogens (tertiary/aromatic N) is 1. The van der Waals surface area contributed by atoms with Gasteiger partial charge in [0.1, 0.15) is 12.2 Å². The number of hydrogen-bond acceptors (Lipinski definition) is 3. The minimum Gasteiger partial charge on any atom is -0.343 e. The average molecular weight is 630 g/mol. The molecule has 0 aromatic carbocycles. The van der Waals surface area contributed by atoms with Crippen LogP contribution in [0.4, 0.5) is 0 Å². The van der Waals surface area contributed by atoms with E-state index in [2.05, 4.69) is 50.1 Å². The van der Waals surface area contributed by atoms with Gasteiger partial charge in [0.2, 0.25) is 0 Å². The fraction of sp³-hybridized carbons (Fsp3) is 0.905. The van der Waals surface area contributed by atoms with E-state index in [4.69, 9.17) is 9.47 Å². The van der Waals surface area contributed by atoms with Crippen LogP contribution >= 0.6 is 0 Å². The van der Waals surface area contributed by atoms with Crippen molar-refractivity contribution in [3.05, 3.63) is 24.3 Å². The fourth-order valence-electron chi connectivity index (χ4n) is 7.37. The lowest BCUT2D eigenvalue weighted by Gasteiger charge is -2.30. The van der Waals surface area contributed by atoms with Gasteiger partial charge in [0.05, 0.1) is 0 Å². The normalized spacial score (nSPS) is 19.9. The van der Waals surface area contributed by atoms with E-state index in [-0.39, 0.29) is 5.79 Å². The molecule has 0 saturated carbocycles. The molecule has 0 unspecified atom stereocenters. The maximum Gasteiger partial charge on any atom is 0.169 e. The highest BCUT2D eigenvalue weighted by molar-refractivity contribution is 4.93. The van der Waals surface area contributed by atoms with Gasteiger partial charge in [0.15, 0.2) is 5.79 Å². The molecule has 3 heteroatoms. The van der Waals surface area contributed by atoms with E-state index < -0.39 is 0 Å². The van der Waals surface area contributed by atoms with Crippen LogP contribution in [-0.2, 0) is 9.47 Å². The van der Waals surface area contributed by atoms with Crippen LogP contribution in [0.2, 0.25) is 0 Å². The highest BCUT2D eigenvalue weighted by Gasteiger charge is 2.49. The zero-order valence-corrected chi connectivity index (χ0v) is 30.9. The standard InChI is InChI=1S/C42H79NO2/c1-4-6-8-10-12-14-16-18-20-22-24-26-28-30-32-34-36-42(44-40-38-43(3)39-41(40)45-42)37-35-33-31-29-27-25-23-21-19-17-15-13-11-9-7-5-2/h18-21,40-41H,4-17,22-39H2,1-3H3/b20-18-,21-19-/t40-,41+. The van der Waals surface area contributed by atoms with Gasteiger partial charge in [-0.15, -0.1) is 0 Å². The first-order chi connectivity index (χ1) is 22.2. The molecule has 0 N–H and O–H groups in total. The van der Waals surface area contributed by atoms with E-state index in [0.29, 0.717) is 12.2 Å². The average Bonchev–Trinajstić information content (AvgIpc) is 3.54. The monoisotopic (exact) mass is 630 g/mol. The Hall–Kier alpha value is -0.640. The topological polar surface area (TPSA) is 21.7 Å². The lowest BCUT2D eigenvalue weighted by molar-refractivity contribution is -0.193. The number of likely N-dealkylation sites (N-methyl/N-ethyl adjacent to an activating group) is 1. The Labute approximate surface area is 282 Å². The molecule has 2 fully saturated rings.